The molecule has 0 bridgehead atoms. The summed E-state index contributed by atoms with van der Waals surface area (Å²) in [5.41, 5.74) is 4.99. The summed E-state index contributed by atoms with van der Waals surface area (Å²) in [6, 6.07) is 14.6. The van der Waals surface area contributed by atoms with Crippen molar-refractivity contribution < 1.29 is 4.74 Å². The van der Waals surface area contributed by atoms with Gasteiger partial charge in [0.25, 0.3) is 0 Å². The van der Waals surface area contributed by atoms with Crippen LogP contribution >= 0.6 is 11.8 Å². The number of nitrogens with zero attached hydrogens (tertiary/aromatic N) is 3. The second-order valence-corrected chi connectivity index (χ2v) is 7.59. The molecular weight excluding hydrogens is 342 g/mol. The molecule has 2 aromatic carbocycles. The third kappa shape index (κ3) is 4.10. The summed E-state index contributed by atoms with van der Waals surface area (Å²) >= 11 is 1.70. The van der Waals surface area contributed by atoms with E-state index in [0.29, 0.717) is 0 Å². The highest BCUT2D eigenvalue weighted by Crippen LogP contribution is 2.28. The Morgan fingerprint density at radius 3 is 2.54 bits per heavy atom. The van der Waals surface area contributed by atoms with Gasteiger partial charge in [-0.1, -0.05) is 53.7 Å². The zero-order valence-corrected chi connectivity index (χ0v) is 16.8. The summed E-state index contributed by atoms with van der Waals surface area (Å²) in [7, 11) is 2.00. The first-order chi connectivity index (χ1) is 12.5. The van der Waals surface area contributed by atoms with Gasteiger partial charge in [-0.15, -0.1) is 10.2 Å². The van der Waals surface area contributed by atoms with Crippen LogP contribution in [0.1, 0.15) is 41.1 Å². The van der Waals surface area contributed by atoms with E-state index in [9.17, 15) is 0 Å². The Balaban J connectivity index is 1.70. The van der Waals surface area contributed by atoms with Gasteiger partial charge in [0.05, 0.1) is 0 Å². The van der Waals surface area contributed by atoms with E-state index in [4.69, 9.17) is 4.74 Å². The van der Waals surface area contributed by atoms with Gasteiger partial charge in [0.15, 0.2) is 17.1 Å². The molecule has 0 saturated heterocycles. The SMILES string of the molecule is Cc1ccc(OC(C)c2nnc(SCc3ccccc3C)n2C)c(C)c1. The predicted molar refractivity (Wildman–Crippen MR) is 107 cm³/mol. The second-order valence-electron chi connectivity index (χ2n) is 6.64. The number of aryl methyl sites for hydroxylation is 3. The van der Waals surface area contributed by atoms with Gasteiger partial charge in [-0.25, -0.2) is 0 Å². The summed E-state index contributed by atoms with van der Waals surface area (Å²) in [5.74, 6) is 2.60. The fourth-order valence-electron chi connectivity index (χ4n) is 2.89. The molecule has 5 heteroatoms. The van der Waals surface area contributed by atoms with E-state index in [0.717, 1.165) is 28.0 Å². The highest BCUT2D eigenvalue weighted by atomic mass is 32.2. The molecule has 1 aromatic heterocycles. The molecule has 0 aliphatic rings. The Morgan fingerprint density at radius 2 is 1.81 bits per heavy atom. The quantitative estimate of drug-likeness (QED) is 0.563. The summed E-state index contributed by atoms with van der Waals surface area (Å²) in [5, 5.41) is 9.62. The Bertz CT molecular complexity index is 904. The summed E-state index contributed by atoms with van der Waals surface area (Å²) in [4.78, 5) is 0. The molecule has 0 amide bonds. The normalized spacial score (nSPS) is 12.2. The van der Waals surface area contributed by atoms with Crippen LogP contribution in [0.5, 0.6) is 5.75 Å². The van der Waals surface area contributed by atoms with Crippen LogP contribution in [0.25, 0.3) is 0 Å². The molecule has 1 unspecified atom stereocenters. The maximum atomic E-state index is 6.13. The van der Waals surface area contributed by atoms with E-state index in [1.165, 1.54) is 16.7 Å². The van der Waals surface area contributed by atoms with Gasteiger partial charge in [0, 0.05) is 12.8 Å². The molecule has 1 heterocycles. The number of aromatic nitrogens is 3. The highest BCUT2D eigenvalue weighted by Gasteiger charge is 2.18. The van der Waals surface area contributed by atoms with E-state index in [1.54, 1.807) is 11.8 Å². The van der Waals surface area contributed by atoms with Gasteiger partial charge < -0.3 is 9.30 Å². The lowest BCUT2D eigenvalue weighted by atomic mass is 10.1. The Hall–Kier alpha value is -2.27. The van der Waals surface area contributed by atoms with Gasteiger partial charge >= 0.3 is 0 Å². The first-order valence-corrected chi connectivity index (χ1v) is 9.74. The number of hydrogen-bond donors (Lipinski definition) is 0. The van der Waals surface area contributed by atoms with Crippen LogP contribution in [0, 0.1) is 20.8 Å². The summed E-state index contributed by atoms with van der Waals surface area (Å²) in [6.45, 7) is 8.30. The van der Waals surface area contributed by atoms with Crippen molar-refractivity contribution in [2.75, 3.05) is 0 Å². The molecule has 4 nitrogen and oxygen atoms in total. The molecule has 0 N–H and O–H groups in total. The minimum Gasteiger partial charge on any atom is -0.482 e. The fourth-order valence-corrected chi connectivity index (χ4v) is 3.89. The number of ether oxygens (including phenoxy) is 1. The molecule has 0 saturated carbocycles. The van der Waals surface area contributed by atoms with Gasteiger partial charge in [-0.2, -0.15) is 0 Å². The van der Waals surface area contributed by atoms with Crippen LogP contribution in [-0.4, -0.2) is 14.8 Å². The largest absolute Gasteiger partial charge is 0.482 e. The fraction of sp³-hybridized carbons (Fsp3) is 0.333. The van der Waals surface area contributed by atoms with Crippen molar-refractivity contribution in [3.63, 3.8) is 0 Å². The molecule has 26 heavy (non-hydrogen) atoms. The summed E-state index contributed by atoms with van der Waals surface area (Å²) < 4.78 is 8.15. The number of benzene rings is 2. The standard InChI is InChI=1S/C21H25N3OS/c1-14-10-11-19(16(3)12-14)25-17(4)20-22-23-21(24(20)5)26-13-18-9-7-6-8-15(18)2/h6-12,17H,13H2,1-5H3. The lowest BCUT2D eigenvalue weighted by molar-refractivity contribution is 0.210. The number of rotatable bonds is 6. The van der Waals surface area contributed by atoms with Crippen molar-refractivity contribution in [1.29, 1.82) is 0 Å². The molecule has 136 valence electrons. The van der Waals surface area contributed by atoms with Crippen LogP contribution in [-0.2, 0) is 12.8 Å². The number of thioether (sulfide) groups is 1. The Labute approximate surface area is 159 Å². The van der Waals surface area contributed by atoms with Crippen LogP contribution in [0.3, 0.4) is 0 Å². The van der Waals surface area contributed by atoms with Crippen molar-refractivity contribution in [1.82, 2.24) is 14.8 Å². The smallest absolute Gasteiger partial charge is 0.191 e. The topological polar surface area (TPSA) is 39.9 Å². The first kappa shape index (κ1) is 18.5. The molecule has 0 radical (unpaired) electrons. The van der Waals surface area contributed by atoms with E-state index >= 15 is 0 Å². The van der Waals surface area contributed by atoms with Gasteiger partial charge in [-0.05, 0) is 50.5 Å². The molecule has 3 rings (SSSR count). The van der Waals surface area contributed by atoms with E-state index < -0.39 is 0 Å². The number of hydrogen-bond acceptors (Lipinski definition) is 4. The molecule has 3 aromatic rings. The van der Waals surface area contributed by atoms with Crippen molar-refractivity contribution in [2.24, 2.45) is 7.05 Å². The van der Waals surface area contributed by atoms with Crippen LogP contribution in [0.15, 0.2) is 47.6 Å². The van der Waals surface area contributed by atoms with Gasteiger partial charge in [0.1, 0.15) is 5.75 Å². The zero-order chi connectivity index (χ0) is 18.7. The average Bonchev–Trinajstić information content (AvgIpc) is 2.97. The van der Waals surface area contributed by atoms with Crippen LogP contribution < -0.4 is 4.74 Å². The molecule has 0 aliphatic carbocycles. The molecule has 0 fully saturated rings. The van der Waals surface area contributed by atoms with Crippen molar-refractivity contribution in [2.45, 2.75) is 44.7 Å². The lowest BCUT2D eigenvalue weighted by Crippen LogP contribution is -2.10. The van der Waals surface area contributed by atoms with Gasteiger partial charge in [0.2, 0.25) is 0 Å². The highest BCUT2D eigenvalue weighted by molar-refractivity contribution is 7.98. The van der Waals surface area contributed by atoms with E-state index in [1.807, 2.05) is 24.6 Å². The summed E-state index contributed by atoms with van der Waals surface area (Å²) in [6.07, 6.45) is -0.165. The van der Waals surface area contributed by atoms with Crippen LogP contribution in [0.4, 0.5) is 0 Å². The monoisotopic (exact) mass is 367 g/mol. The van der Waals surface area contributed by atoms with E-state index in [2.05, 4.69) is 67.4 Å². The van der Waals surface area contributed by atoms with Crippen molar-refractivity contribution in [3.05, 3.63) is 70.5 Å². The molecule has 0 spiro atoms. The van der Waals surface area contributed by atoms with Crippen molar-refractivity contribution >= 4 is 11.8 Å². The first-order valence-electron chi connectivity index (χ1n) is 8.76. The van der Waals surface area contributed by atoms with E-state index in [-0.39, 0.29) is 6.10 Å². The maximum absolute atomic E-state index is 6.13. The molecular formula is C21H25N3OS. The third-order valence-electron chi connectivity index (χ3n) is 4.48. The van der Waals surface area contributed by atoms with Gasteiger partial charge in [-0.3, -0.25) is 0 Å². The Morgan fingerprint density at radius 1 is 1.04 bits per heavy atom. The molecule has 1 atom stereocenters. The van der Waals surface area contributed by atoms with Crippen LogP contribution in [0.2, 0.25) is 0 Å². The lowest BCUT2D eigenvalue weighted by Gasteiger charge is -2.16. The average molecular weight is 368 g/mol. The second kappa shape index (κ2) is 7.96. The molecule has 0 aliphatic heterocycles. The predicted octanol–water partition coefficient (Wildman–Crippen LogP) is 5.17. The van der Waals surface area contributed by atoms with Crippen molar-refractivity contribution in [3.8, 4) is 5.75 Å². The minimum atomic E-state index is -0.165. The maximum Gasteiger partial charge on any atom is 0.191 e. The third-order valence-corrected chi connectivity index (χ3v) is 5.55. The Kier molecular flexibility index (Phi) is 5.67. The zero-order valence-electron chi connectivity index (χ0n) is 16.0. The minimum absolute atomic E-state index is 0.165.